The molecular weight excluding hydrogens is 141 g/mol. The fourth-order valence-corrected chi connectivity index (χ4v) is 0. The van der Waals surface area contributed by atoms with Gasteiger partial charge >= 0.3 is 25.7 Å². The molecule has 0 amide bonds. The molecule has 6 heavy (non-hydrogen) atoms. The van der Waals surface area contributed by atoms with Crippen molar-refractivity contribution in [3.63, 3.8) is 0 Å². The molecule has 0 aliphatic rings. The molecule has 3 nitrogen and oxygen atoms in total. The second-order valence-electron chi connectivity index (χ2n) is 0.0833. The molecule has 0 radical (unpaired) electrons. The van der Waals surface area contributed by atoms with Gasteiger partial charge in [-0.25, -0.2) is 0 Å². The Bertz CT molecular complexity index is 34.5. The van der Waals surface area contributed by atoms with E-state index in [4.69, 9.17) is 6.65 Å². The van der Waals surface area contributed by atoms with E-state index in [2.05, 4.69) is 5.73 Å². The third-order valence-electron chi connectivity index (χ3n) is 0. The standard InChI is InChI=1S/CH5N.ClH.2O.Ti/c1-2;;;;/h2H2,1H3;1H;;;. The van der Waals surface area contributed by atoms with Crippen molar-refractivity contribution in [2.24, 2.45) is 5.73 Å². The van der Waals surface area contributed by atoms with Crippen LogP contribution in [0.2, 0.25) is 0 Å². The van der Waals surface area contributed by atoms with Crippen molar-refractivity contribution < 1.29 is 25.7 Å². The Morgan fingerprint density at radius 3 is 1.33 bits per heavy atom. The molecule has 0 atom stereocenters. The Morgan fingerprint density at radius 2 is 1.33 bits per heavy atom. The summed E-state index contributed by atoms with van der Waals surface area (Å²) in [6.45, 7) is 0. The van der Waals surface area contributed by atoms with Crippen molar-refractivity contribution in [1.82, 2.24) is 0 Å². The molecule has 5 heteroatoms. The monoisotopic (exact) mass is 147 g/mol. The van der Waals surface area contributed by atoms with Gasteiger partial charge in [0.25, 0.3) is 0 Å². The van der Waals surface area contributed by atoms with Gasteiger partial charge in [-0.2, -0.15) is 0 Å². The molecule has 0 fully saturated rings. The Labute approximate surface area is 51.3 Å². The van der Waals surface area contributed by atoms with Gasteiger partial charge in [-0.1, -0.05) is 0 Å². The van der Waals surface area contributed by atoms with Crippen molar-refractivity contribution in [3.8, 4) is 0 Å². The number of hydrogen-bond acceptors (Lipinski definition) is 3. The van der Waals surface area contributed by atoms with Crippen LogP contribution < -0.4 is 5.73 Å². The molecule has 0 unspecified atom stereocenters. The van der Waals surface area contributed by atoms with Gasteiger partial charge in [0.15, 0.2) is 0 Å². The fourth-order valence-electron chi connectivity index (χ4n) is 0. The minimum absolute atomic E-state index is 0. The zero-order valence-electron chi connectivity index (χ0n) is 3.30. The van der Waals surface area contributed by atoms with Gasteiger partial charge in [0, 0.05) is 0 Å². The summed E-state index contributed by atoms with van der Waals surface area (Å²) >= 11 is -2.00. The van der Waals surface area contributed by atoms with Crippen LogP contribution >= 0.6 is 12.4 Å². The second kappa shape index (κ2) is 47.4. The Morgan fingerprint density at radius 1 is 1.33 bits per heavy atom. The maximum absolute atomic E-state index is 8.50. The van der Waals surface area contributed by atoms with E-state index in [-0.39, 0.29) is 12.4 Å². The van der Waals surface area contributed by atoms with Crippen LogP contribution in [0.15, 0.2) is 0 Å². The zero-order chi connectivity index (χ0) is 4.71. The van der Waals surface area contributed by atoms with E-state index in [0.29, 0.717) is 0 Å². The van der Waals surface area contributed by atoms with Gasteiger partial charge in [-0.3, -0.25) is 0 Å². The molecule has 0 bridgehead atoms. The van der Waals surface area contributed by atoms with Gasteiger partial charge in [0.05, 0.1) is 0 Å². The van der Waals surface area contributed by atoms with Gasteiger partial charge in [0.2, 0.25) is 0 Å². The van der Waals surface area contributed by atoms with Crippen LogP contribution in [0.4, 0.5) is 0 Å². The van der Waals surface area contributed by atoms with E-state index >= 15 is 0 Å². The van der Waals surface area contributed by atoms with E-state index in [1.165, 1.54) is 7.05 Å². The third kappa shape index (κ3) is 182. The van der Waals surface area contributed by atoms with Crippen LogP contribution in [0.25, 0.3) is 0 Å². The summed E-state index contributed by atoms with van der Waals surface area (Å²) in [4.78, 5) is 0. The summed E-state index contributed by atoms with van der Waals surface area (Å²) in [5, 5.41) is 0. The zero-order valence-corrected chi connectivity index (χ0v) is 5.68. The third-order valence-corrected chi connectivity index (χ3v) is 0. The molecule has 0 aromatic heterocycles. The molecule has 38 valence electrons. The van der Waals surface area contributed by atoms with Gasteiger partial charge in [0.1, 0.15) is 0 Å². The fraction of sp³-hybridized carbons (Fsp3) is 1.00. The van der Waals surface area contributed by atoms with Crippen LogP contribution in [-0.4, -0.2) is 7.05 Å². The van der Waals surface area contributed by atoms with Gasteiger partial charge in [-0.15, -0.1) is 12.4 Å². The molecule has 0 aliphatic carbocycles. The van der Waals surface area contributed by atoms with Crippen LogP contribution in [0.1, 0.15) is 0 Å². The number of nitrogens with two attached hydrogens (primary N) is 1. The molecular formula is CH6ClNO2Ti. The second-order valence-corrected chi connectivity index (χ2v) is 0.344. The molecule has 0 rings (SSSR count). The van der Waals surface area contributed by atoms with E-state index in [9.17, 15) is 0 Å². The summed E-state index contributed by atoms with van der Waals surface area (Å²) in [6, 6.07) is 0. The van der Waals surface area contributed by atoms with E-state index < -0.39 is 19.1 Å². The van der Waals surface area contributed by atoms with Crippen molar-refractivity contribution in [2.75, 3.05) is 7.05 Å². The van der Waals surface area contributed by atoms with Crippen LogP contribution in [0, 0.1) is 0 Å². The van der Waals surface area contributed by atoms with E-state index in [1.807, 2.05) is 0 Å². The van der Waals surface area contributed by atoms with Gasteiger partial charge in [-0.05, 0) is 7.05 Å². The average molecular weight is 147 g/mol. The number of halogens is 1. The van der Waals surface area contributed by atoms with Crippen LogP contribution in [0.3, 0.4) is 0 Å². The van der Waals surface area contributed by atoms with Gasteiger partial charge < -0.3 is 5.73 Å². The SMILES string of the molecule is CN.Cl.[O]=[Ti]=[O]. The first kappa shape index (κ1) is 16.0. The molecule has 0 aromatic rings. The summed E-state index contributed by atoms with van der Waals surface area (Å²) < 4.78 is 17.0. The molecule has 0 saturated heterocycles. The first-order valence-corrected chi connectivity index (χ1v) is 2.26. The Balaban J connectivity index is -0.0000000275. The Hall–Kier alpha value is 0.564. The minimum atomic E-state index is -2.00. The number of rotatable bonds is 0. The molecule has 2 N–H and O–H groups in total. The van der Waals surface area contributed by atoms with E-state index in [1.54, 1.807) is 0 Å². The van der Waals surface area contributed by atoms with Crippen molar-refractivity contribution >= 4 is 12.4 Å². The van der Waals surface area contributed by atoms with E-state index in [0.717, 1.165) is 0 Å². The first-order valence-electron chi connectivity index (χ1n) is 0.986. The average Bonchev–Trinajstić information content (AvgIpc) is 1.46. The quantitative estimate of drug-likeness (QED) is 0.481. The molecule has 0 aromatic carbocycles. The van der Waals surface area contributed by atoms with Crippen molar-refractivity contribution in [3.05, 3.63) is 0 Å². The topological polar surface area (TPSA) is 60.2 Å². The summed E-state index contributed by atoms with van der Waals surface area (Å²) in [6.07, 6.45) is 0. The summed E-state index contributed by atoms with van der Waals surface area (Å²) in [5.41, 5.74) is 4.50. The summed E-state index contributed by atoms with van der Waals surface area (Å²) in [7, 11) is 1.50. The number of hydrogen-bond donors (Lipinski definition) is 1. The predicted octanol–water partition coefficient (Wildman–Crippen LogP) is -0.243. The summed E-state index contributed by atoms with van der Waals surface area (Å²) in [5.74, 6) is 0. The van der Waals surface area contributed by atoms with Crippen molar-refractivity contribution in [2.45, 2.75) is 0 Å². The first-order chi connectivity index (χ1) is 2.41. The van der Waals surface area contributed by atoms with Crippen LogP contribution in [0.5, 0.6) is 0 Å². The molecule has 0 aliphatic heterocycles. The molecule has 0 spiro atoms. The predicted molar refractivity (Wildman–Crippen MR) is 18.7 cm³/mol. The normalized spacial score (nSPS) is 2.33. The molecule has 0 saturated carbocycles. The van der Waals surface area contributed by atoms with Crippen LogP contribution in [-0.2, 0) is 25.7 Å². The van der Waals surface area contributed by atoms with Crippen molar-refractivity contribution in [1.29, 1.82) is 0 Å². The molecule has 0 heterocycles. The Kier molecular flexibility index (Phi) is 126. The maximum atomic E-state index is 8.50.